The molecular formula is C13H11BrFNO2. The topological polar surface area (TPSA) is 49.3 Å². The molecule has 0 saturated heterocycles. The van der Waals surface area contributed by atoms with Crippen LogP contribution in [0.25, 0.3) is 0 Å². The molecule has 0 fully saturated rings. The van der Waals surface area contributed by atoms with Crippen LogP contribution in [0.15, 0.2) is 46.6 Å². The summed E-state index contributed by atoms with van der Waals surface area (Å²) in [6.45, 7) is 0. The molecule has 2 rings (SSSR count). The SMILES string of the molecule is O=C(O)c1ccc(Br)cc1NC1=CCC(F)C=C1. The van der Waals surface area contributed by atoms with E-state index in [1.54, 1.807) is 24.3 Å². The van der Waals surface area contributed by atoms with Crippen molar-refractivity contribution >= 4 is 27.6 Å². The Kier molecular flexibility index (Phi) is 3.81. The summed E-state index contributed by atoms with van der Waals surface area (Å²) in [7, 11) is 0. The van der Waals surface area contributed by atoms with Crippen molar-refractivity contribution in [3.63, 3.8) is 0 Å². The molecule has 2 N–H and O–H groups in total. The molecule has 5 heteroatoms. The summed E-state index contributed by atoms with van der Waals surface area (Å²) in [6.07, 6.45) is 4.10. The van der Waals surface area contributed by atoms with E-state index in [2.05, 4.69) is 21.2 Å². The number of alkyl halides is 1. The number of allylic oxidation sites excluding steroid dienone is 3. The van der Waals surface area contributed by atoms with Gasteiger partial charge < -0.3 is 10.4 Å². The summed E-state index contributed by atoms with van der Waals surface area (Å²) in [6, 6.07) is 4.86. The van der Waals surface area contributed by atoms with Crippen LogP contribution in [0.1, 0.15) is 16.8 Å². The molecule has 1 aromatic carbocycles. The molecule has 0 aromatic heterocycles. The Bertz CT molecular complexity index is 540. The number of halogens is 2. The lowest BCUT2D eigenvalue weighted by atomic mass is 10.1. The Morgan fingerprint density at radius 2 is 2.28 bits per heavy atom. The third-order valence-corrected chi connectivity index (χ3v) is 3.03. The zero-order valence-electron chi connectivity index (χ0n) is 9.36. The summed E-state index contributed by atoms with van der Waals surface area (Å²) in [5, 5.41) is 12.1. The highest BCUT2D eigenvalue weighted by molar-refractivity contribution is 9.10. The maximum atomic E-state index is 12.9. The average Bonchev–Trinajstić information content (AvgIpc) is 2.32. The smallest absolute Gasteiger partial charge is 0.337 e. The van der Waals surface area contributed by atoms with E-state index in [4.69, 9.17) is 5.11 Å². The van der Waals surface area contributed by atoms with E-state index >= 15 is 0 Å². The van der Waals surface area contributed by atoms with Crippen LogP contribution < -0.4 is 5.32 Å². The van der Waals surface area contributed by atoms with E-state index in [9.17, 15) is 9.18 Å². The van der Waals surface area contributed by atoms with Crippen LogP contribution >= 0.6 is 15.9 Å². The first-order valence-electron chi connectivity index (χ1n) is 5.38. The van der Waals surface area contributed by atoms with Crippen LogP contribution in [0, 0.1) is 0 Å². The van der Waals surface area contributed by atoms with Crippen LogP contribution in [0.4, 0.5) is 10.1 Å². The normalized spacial score (nSPS) is 18.3. The van der Waals surface area contributed by atoms with Gasteiger partial charge in [0.25, 0.3) is 0 Å². The molecule has 0 spiro atoms. The van der Waals surface area contributed by atoms with Crippen molar-refractivity contribution in [2.75, 3.05) is 5.32 Å². The zero-order chi connectivity index (χ0) is 13.1. The summed E-state index contributed by atoms with van der Waals surface area (Å²) in [5.74, 6) is -1.01. The molecule has 94 valence electrons. The van der Waals surface area contributed by atoms with Gasteiger partial charge in [0.1, 0.15) is 6.17 Å². The predicted octanol–water partition coefficient (Wildman–Crippen LogP) is 3.74. The summed E-state index contributed by atoms with van der Waals surface area (Å²) in [5.41, 5.74) is 1.35. The van der Waals surface area contributed by atoms with E-state index in [0.717, 1.165) is 4.47 Å². The van der Waals surface area contributed by atoms with Gasteiger partial charge in [-0.1, -0.05) is 22.0 Å². The van der Waals surface area contributed by atoms with Crippen LogP contribution in [0.5, 0.6) is 0 Å². The van der Waals surface area contributed by atoms with Crippen LogP contribution in [0.3, 0.4) is 0 Å². The van der Waals surface area contributed by atoms with Gasteiger partial charge in [-0.05, 0) is 30.4 Å². The first-order valence-corrected chi connectivity index (χ1v) is 6.18. The molecule has 0 amide bonds. The number of benzene rings is 1. The fourth-order valence-corrected chi connectivity index (χ4v) is 2.01. The number of hydrogen-bond donors (Lipinski definition) is 2. The lowest BCUT2D eigenvalue weighted by Gasteiger charge is -2.14. The summed E-state index contributed by atoms with van der Waals surface area (Å²) < 4.78 is 13.7. The van der Waals surface area contributed by atoms with E-state index in [1.807, 2.05) is 0 Å². The van der Waals surface area contributed by atoms with Crippen molar-refractivity contribution in [3.8, 4) is 0 Å². The molecule has 1 atom stereocenters. The van der Waals surface area contributed by atoms with Gasteiger partial charge in [-0.25, -0.2) is 9.18 Å². The molecule has 0 bridgehead atoms. The highest BCUT2D eigenvalue weighted by Gasteiger charge is 2.12. The van der Waals surface area contributed by atoms with E-state index < -0.39 is 12.1 Å². The number of hydrogen-bond acceptors (Lipinski definition) is 2. The number of nitrogens with one attached hydrogen (secondary N) is 1. The van der Waals surface area contributed by atoms with Gasteiger partial charge in [0, 0.05) is 16.6 Å². The van der Waals surface area contributed by atoms with Crippen molar-refractivity contribution in [3.05, 3.63) is 52.2 Å². The van der Waals surface area contributed by atoms with Crippen molar-refractivity contribution < 1.29 is 14.3 Å². The molecular weight excluding hydrogens is 301 g/mol. The number of carboxylic acids is 1. The van der Waals surface area contributed by atoms with Crippen LogP contribution in [-0.2, 0) is 0 Å². The second kappa shape index (κ2) is 5.35. The standard InChI is InChI=1S/C13H11BrFNO2/c14-8-1-6-11(13(17)18)12(7-8)16-10-4-2-9(15)3-5-10/h1-2,4-7,9,16H,3H2,(H,17,18). The molecule has 0 heterocycles. The van der Waals surface area contributed by atoms with Crippen molar-refractivity contribution in [1.82, 2.24) is 0 Å². The van der Waals surface area contributed by atoms with Crippen molar-refractivity contribution in [1.29, 1.82) is 0 Å². The van der Waals surface area contributed by atoms with Crippen LogP contribution in [-0.4, -0.2) is 17.2 Å². The maximum absolute atomic E-state index is 12.9. The minimum absolute atomic E-state index is 0.176. The van der Waals surface area contributed by atoms with Gasteiger partial charge in [-0.3, -0.25) is 0 Å². The second-order valence-corrected chi connectivity index (χ2v) is 4.81. The lowest BCUT2D eigenvalue weighted by molar-refractivity contribution is 0.0698. The number of anilines is 1. The number of rotatable bonds is 3. The van der Waals surface area contributed by atoms with E-state index in [-0.39, 0.29) is 5.56 Å². The van der Waals surface area contributed by atoms with Gasteiger partial charge >= 0.3 is 5.97 Å². The molecule has 0 saturated carbocycles. The van der Waals surface area contributed by atoms with E-state index in [1.165, 1.54) is 12.1 Å². The monoisotopic (exact) mass is 311 g/mol. The third-order valence-electron chi connectivity index (χ3n) is 2.54. The number of carboxylic acid groups (broad SMARTS) is 1. The van der Waals surface area contributed by atoms with Crippen molar-refractivity contribution in [2.24, 2.45) is 0 Å². The lowest BCUT2D eigenvalue weighted by Crippen LogP contribution is -2.08. The molecule has 0 aliphatic heterocycles. The van der Waals surface area contributed by atoms with Crippen LogP contribution in [0.2, 0.25) is 0 Å². The molecule has 1 aliphatic carbocycles. The Labute approximate surface area is 112 Å². The Morgan fingerprint density at radius 1 is 1.50 bits per heavy atom. The fourth-order valence-electron chi connectivity index (χ4n) is 1.65. The Balaban J connectivity index is 2.26. The number of carbonyl (C=O) groups is 1. The minimum atomic E-state index is -1.01. The Hall–Kier alpha value is -1.62. The van der Waals surface area contributed by atoms with Gasteiger partial charge in [-0.2, -0.15) is 0 Å². The average molecular weight is 312 g/mol. The fraction of sp³-hybridized carbons (Fsp3) is 0.154. The van der Waals surface area contributed by atoms with E-state index in [0.29, 0.717) is 17.8 Å². The molecule has 3 nitrogen and oxygen atoms in total. The first-order chi connectivity index (χ1) is 8.56. The summed E-state index contributed by atoms with van der Waals surface area (Å²) >= 11 is 3.29. The van der Waals surface area contributed by atoms with Crippen molar-refractivity contribution in [2.45, 2.75) is 12.6 Å². The maximum Gasteiger partial charge on any atom is 0.337 e. The minimum Gasteiger partial charge on any atom is -0.478 e. The first kappa shape index (κ1) is 12.8. The molecule has 1 aromatic rings. The van der Waals surface area contributed by atoms with Gasteiger partial charge in [0.15, 0.2) is 0 Å². The quantitative estimate of drug-likeness (QED) is 0.894. The largest absolute Gasteiger partial charge is 0.478 e. The predicted molar refractivity (Wildman–Crippen MR) is 71.5 cm³/mol. The van der Waals surface area contributed by atoms with Gasteiger partial charge in [-0.15, -0.1) is 0 Å². The third kappa shape index (κ3) is 2.98. The molecule has 1 unspecified atom stereocenters. The molecule has 18 heavy (non-hydrogen) atoms. The molecule has 0 radical (unpaired) electrons. The van der Waals surface area contributed by atoms with Gasteiger partial charge in [0.2, 0.25) is 0 Å². The van der Waals surface area contributed by atoms with Gasteiger partial charge in [0.05, 0.1) is 11.3 Å². The zero-order valence-corrected chi connectivity index (χ0v) is 10.9. The number of aromatic carboxylic acids is 1. The molecule has 1 aliphatic rings. The highest BCUT2D eigenvalue weighted by atomic mass is 79.9. The summed E-state index contributed by atoms with van der Waals surface area (Å²) in [4.78, 5) is 11.1. The Morgan fingerprint density at radius 3 is 2.89 bits per heavy atom. The highest BCUT2D eigenvalue weighted by Crippen LogP contribution is 2.24. The second-order valence-electron chi connectivity index (χ2n) is 3.89.